The molecule has 2 aromatic rings. The minimum Gasteiger partial charge on any atom is -0.507 e. The van der Waals surface area contributed by atoms with Gasteiger partial charge in [0.25, 0.3) is 0 Å². The number of fused-ring (bicyclic) bond motifs is 2. The molecule has 0 aromatic heterocycles. The smallest absolute Gasteiger partial charge is 0.307 e. The molecule has 1 aliphatic carbocycles. The summed E-state index contributed by atoms with van der Waals surface area (Å²) in [4.78, 5) is 23.4. The number of phenolic OH excluding ortho intramolecular Hbond substituents is 1. The highest BCUT2D eigenvalue weighted by molar-refractivity contribution is 6.13. The second-order valence-electron chi connectivity index (χ2n) is 5.21. The SMILES string of the molecule is O=C(O)Cc1cc(O)c2c(c1)CCc1ccccc1C2=O. The molecule has 0 saturated carbocycles. The zero-order valence-corrected chi connectivity index (χ0v) is 11.3. The Kier molecular flexibility index (Phi) is 3.22. The number of benzene rings is 2. The molecule has 4 heteroatoms. The molecule has 2 aromatic carbocycles. The van der Waals surface area contributed by atoms with E-state index in [-0.39, 0.29) is 18.0 Å². The van der Waals surface area contributed by atoms with Crippen molar-refractivity contribution in [1.29, 1.82) is 0 Å². The molecule has 4 nitrogen and oxygen atoms in total. The number of aromatic hydroxyl groups is 1. The number of carbonyl (C=O) groups is 2. The van der Waals surface area contributed by atoms with E-state index < -0.39 is 5.97 Å². The highest BCUT2D eigenvalue weighted by atomic mass is 16.4. The molecular weight excluding hydrogens is 268 g/mol. The number of carbonyl (C=O) groups excluding carboxylic acids is 1. The molecule has 0 radical (unpaired) electrons. The molecular formula is C17H14O4. The maximum Gasteiger partial charge on any atom is 0.307 e. The molecule has 0 heterocycles. The fourth-order valence-corrected chi connectivity index (χ4v) is 2.85. The van der Waals surface area contributed by atoms with Gasteiger partial charge in [0.2, 0.25) is 0 Å². The molecule has 0 fully saturated rings. The second-order valence-corrected chi connectivity index (χ2v) is 5.21. The van der Waals surface area contributed by atoms with Crippen molar-refractivity contribution < 1.29 is 19.8 Å². The number of hydrogen-bond donors (Lipinski definition) is 2. The Hall–Kier alpha value is -2.62. The van der Waals surface area contributed by atoms with Crippen LogP contribution in [0.15, 0.2) is 36.4 Å². The van der Waals surface area contributed by atoms with Crippen molar-refractivity contribution in [1.82, 2.24) is 0 Å². The lowest BCUT2D eigenvalue weighted by Gasteiger charge is -2.10. The van der Waals surface area contributed by atoms with Crippen LogP contribution in [-0.2, 0) is 24.1 Å². The largest absolute Gasteiger partial charge is 0.507 e. The maximum absolute atomic E-state index is 12.6. The molecule has 106 valence electrons. The number of carboxylic acids is 1. The van der Waals surface area contributed by atoms with Crippen LogP contribution in [0.2, 0.25) is 0 Å². The number of aliphatic carboxylic acids is 1. The lowest BCUT2D eigenvalue weighted by molar-refractivity contribution is -0.136. The molecule has 2 N–H and O–H groups in total. The molecule has 3 rings (SSSR count). The zero-order chi connectivity index (χ0) is 15.0. The van der Waals surface area contributed by atoms with Crippen molar-refractivity contribution in [2.75, 3.05) is 0 Å². The summed E-state index contributed by atoms with van der Waals surface area (Å²) in [5.74, 6) is -1.29. The number of aryl methyl sites for hydroxylation is 2. The van der Waals surface area contributed by atoms with E-state index in [1.807, 2.05) is 12.1 Å². The van der Waals surface area contributed by atoms with Crippen molar-refractivity contribution >= 4 is 11.8 Å². The Morgan fingerprint density at radius 2 is 1.81 bits per heavy atom. The average Bonchev–Trinajstić information content (AvgIpc) is 2.57. The fourth-order valence-electron chi connectivity index (χ4n) is 2.85. The summed E-state index contributed by atoms with van der Waals surface area (Å²) in [5.41, 5.74) is 3.09. The van der Waals surface area contributed by atoms with E-state index in [1.165, 1.54) is 6.07 Å². The minimum absolute atomic E-state index is 0.134. The van der Waals surface area contributed by atoms with Crippen LogP contribution in [0.4, 0.5) is 0 Å². The topological polar surface area (TPSA) is 74.6 Å². The van der Waals surface area contributed by atoms with Crippen molar-refractivity contribution in [3.63, 3.8) is 0 Å². The van der Waals surface area contributed by atoms with Crippen LogP contribution >= 0.6 is 0 Å². The molecule has 0 bridgehead atoms. The molecule has 0 aliphatic heterocycles. The molecule has 0 amide bonds. The molecule has 0 saturated heterocycles. The summed E-state index contributed by atoms with van der Waals surface area (Å²) >= 11 is 0. The first kappa shape index (κ1) is 13.4. The Bertz CT molecular complexity index is 746. The fraction of sp³-hybridized carbons (Fsp3) is 0.176. The van der Waals surface area contributed by atoms with Gasteiger partial charge in [-0.05, 0) is 35.6 Å². The van der Waals surface area contributed by atoms with E-state index in [2.05, 4.69) is 0 Å². The quantitative estimate of drug-likeness (QED) is 0.886. The van der Waals surface area contributed by atoms with Gasteiger partial charge in [0.05, 0.1) is 12.0 Å². The third-order valence-electron chi connectivity index (χ3n) is 3.77. The van der Waals surface area contributed by atoms with Crippen molar-refractivity contribution in [3.05, 3.63) is 64.2 Å². The van der Waals surface area contributed by atoms with Crippen LogP contribution in [0, 0.1) is 0 Å². The number of rotatable bonds is 2. The van der Waals surface area contributed by atoms with Crippen LogP contribution in [0.3, 0.4) is 0 Å². The maximum atomic E-state index is 12.6. The number of ketones is 1. The van der Waals surface area contributed by atoms with Gasteiger partial charge in [-0.2, -0.15) is 0 Å². The standard InChI is InChI=1S/C17H14O4/c18-14-8-10(9-15(19)20)7-12-6-5-11-3-1-2-4-13(11)17(21)16(12)14/h1-4,7-8,18H,5-6,9H2,(H,19,20). The van der Waals surface area contributed by atoms with Crippen molar-refractivity contribution in [2.45, 2.75) is 19.3 Å². The Labute approximate surface area is 121 Å². The first-order valence-corrected chi connectivity index (χ1v) is 6.75. The third kappa shape index (κ3) is 2.40. The summed E-state index contributed by atoms with van der Waals surface area (Å²) in [6.45, 7) is 0. The van der Waals surface area contributed by atoms with Gasteiger partial charge in [0.15, 0.2) is 5.78 Å². The van der Waals surface area contributed by atoms with Crippen molar-refractivity contribution in [2.24, 2.45) is 0 Å². The Balaban J connectivity index is 2.13. The second kappa shape index (κ2) is 5.05. The summed E-state index contributed by atoms with van der Waals surface area (Å²) in [7, 11) is 0. The van der Waals surface area contributed by atoms with E-state index in [0.29, 0.717) is 35.1 Å². The highest BCUT2D eigenvalue weighted by Gasteiger charge is 2.24. The minimum atomic E-state index is -0.961. The predicted molar refractivity (Wildman–Crippen MR) is 76.7 cm³/mol. The normalized spacial score (nSPS) is 13.2. The van der Waals surface area contributed by atoms with E-state index in [0.717, 1.165) is 5.56 Å². The summed E-state index contributed by atoms with van der Waals surface area (Å²) in [6.07, 6.45) is 1.14. The number of carboxylic acid groups (broad SMARTS) is 1. The monoisotopic (exact) mass is 282 g/mol. The first-order chi connectivity index (χ1) is 10.1. The lowest BCUT2D eigenvalue weighted by atomic mass is 9.95. The average molecular weight is 282 g/mol. The van der Waals surface area contributed by atoms with Gasteiger partial charge >= 0.3 is 5.97 Å². The van der Waals surface area contributed by atoms with Crippen LogP contribution < -0.4 is 0 Å². The zero-order valence-electron chi connectivity index (χ0n) is 11.3. The van der Waals surface area contributed by atoms with Crippen molar-refractivity contribution in [3.8, 4) is 5.75 Å². The highest BCUT2D eigenvalue weighted by Crippen LogP contribution is 2.31. The third-order valence-corrected chi connectivity index (χ3v) is 3.77. The van der Waals surface area contributed by atoms with E-state index in [9.17, 15) is 14.7 Å². The Morgan fingerprint density at radius 1 is 1.10 bits per heavy atom. The van der Waals surface area contributed by atoms with E-state index in [1.54, 1.807) is 18.2 Å². The molecule has 0 atom stereocenters. The summed E-state index contributed by atoms with van der Waals surface area (Å²) in [5, 5.41) is 19.0. The van der Waals surface area contributed by atoms with Crippen LogP contribution in [0.25, 0.3) is 0 Å². The van der Waals surface area contributed by atoms with Gasteiger partial charge in [-0.25, -0.2) is 0 Å². The van der Waals surface area contributed by atoms with Crippen LogP contribution in [0.1, 0.15) is 32.6 Å². The van der Waals surface area contributed by atoms with Crippen LogP contribution in [0.5, 0.6) is 5.75 Å². The number of hydrogen-bond acceptors (Lipinski definition) is 3. The summed E-state index contributed by atoms with van der Waals surface area (Å²) < 4.78 is 0. The first-order valence-electron chi connectivity index (χ1n) is 6.75. The van der Waals surface area contributed by atoms with Gasteiger partial charge in [0, 0.05) is 5.56 Å². The van der Waals surface area contributed by atoms with Gasteiger partial charge < -0.3 is 10.2 Å². The molecule has 0 unspecified atom stereocenters. The van der Waals surface area contributed by atoms with E-state index in [4.69, 9.17) is 5.11 Å². The molecule has 21 heavy (non-hydrogen) atoms. The van der Waals surface area contributed by atoms with E-state index >= 15 is 0 Å². The summed E-state index contributed by atoms with van der Waals surface area (Å²) in [6, 6.07) is 10.5. The molecule has 0 spiro atoms. The van der Waals surface area contributed by atoms with Gasteiger partial charge in [-0.1, -0.05) is 30.3 Å². The van der Waals surface area contributed by atoms with Gasteiger partial charge in [-0.15, -0.1) is 0 Å². The van der Waals surface area contributed by atoms with Gasteiger partial charge in [-0.3, -0.25) is 9.59 Å². The number of phenols is 1. The van der Waals surface area contributed by atoms with Crippen LogP contribution in [-0.4, -0.2) is 22.0 Å². The lowest BCUT2D eigenvalue weighted by Crippen LogP contribution is -2.07. The molecule has 1 aliphatic rings. The van der Waals surface area contributed by atoms with Gasteiger partial charge in [0.1, 0.15) is 5.75 Å². The predicted octanol–water partition coefficient (Wildman–Crippen LogP) is 2.35. The Morgan fingerprint density at radius 3 is 2.57 bits per heavy atom.